The molecule has 0 spiro atoms. The van der Waals surface area contributed by atoms with E-state index in [2.05, 4.69) is 20.1 Å². The summed E-state index contributed by atoms with van der Waals surface area (Å²) < 4.78 is 48.1. The molecule has 0 unspecified atom stereocenters. The van der Waals surface area contributed by atoms with Crippen LogP contribution in [-0.2, 0) is 25.7 Å². The molecule has 2 fully saturated rings. The second kappa shape index (κ2) is 9.52. The number of carbonyl (C=O) groups excluding carboxylic acids is 4. The first-order chi connectivity index (χ1) is 17.3. The van der Waals surface area contributed by atoms with Crippen LogP contribution in [0.4, 0.5) is 18.0 Å². The number of likely N-dealkylation sites (tertiary alicyclic amines) is 1. The number of aromatic nitrogens is 3. The number of carbonyl (C=O) groups is 4. The highest BCUT2D eigenvalue weighted by molar-refractivity contribution is 5.91. The summed E-state index contributed by atoms with van der Waals surface area (Å²) in [6, 6.07) is 0.685. The largest absolute Gasteiger partial charge is 0.490 e. The minimum atomic E-state index is -5.12. The predicted molar refractivity (Wildman–Crippen MR) is 119 cm³/mol. The van der Waals surface area contributed by atoms with Gasteiger partial charge in [-0.1, -0.05) is 0 Å². The molecular formula is C22H25F3N6O6. The number of primary amides is 1. The van der Waals surface area contributed by atoms with Gasteiger partial charge >= 0.3 is 18.2 Å². The zero-order chi connectivity index (χ0) is 27.1. The Morgan fingerprint density at radius 2 is 1.95 bits per heavy atom. The van der Waals surface area contributed by atoms with Crippen molar-refractivity contribution in [1.29, 1.82) is 0 Å². The number of esters is 1. The third-order valence-electron chi connectivity index (χ3n) is 6.32. The lowest BCUT2D eigenvalue weighted by atomic mass is 10.0. The van der Waals surface area contributed by atoms with Crippen molar-refractivity contribution in [2.75, 3.05) is 6.54 Å². The van der Waals surface area contributed by atoms with E-state index in [0.717, 1.165) is 6.42 Å². The van der Waals surface area contributed by atoms with Crippen molar-refractivity contribution in [2.24, 2.45) is 11.7 Å². The molecule has 2 aromatic heterocycles. The molecule has 3 amide bonds. The van der Waals surface area contributed by atoms with Gasteiger partial charge < -0.3 is 25.4 Å². The number of fused-ring (bicyclic) bond motifs is 2. The van der Waals surface area contributed by atoms with Crippen molar-refractivity contribution >= 4 is 34.8 Å². The molecule has 3 atom stereocenters. The molecule has 37 heavy (non-hydrogen) atoms. The maximum absolute atomic E-state index is 13.3. The number of hydrogen-bond donors (Lipinski definition) is 2. The van der Waals surface area contributed by atoms with Crippen molar-refractivity contribution in [3.8, 4) is 5.88 Å². The highest BCUT2D eigenvalue weighted by Gasteiger charge is 2.56. The molecule has 200 valence electrons. The number of rotatable bonds is 8. The van der Waals surface area contributed by atoms with Gasteiger partial charge in [0.25, 0.3) is 5.88 Å². The highest BCUT2D eigenvalue weighted by atomic mass is 19.4. The Bertz CT molecular complexity index is 1250. The van der Waals surface area contributed by atoms with E-state index >= 15 is 0 Å². The van der Waals surface area contributed by atoms with Crippen LogP contribution in [0.25, 0.3) is 10.9 Å². The van der Waals surface area contributed by atoms with Crippen molar-refractivity contribution < 1.29 is 41.8 Å². The Kier molecular flexibility index (Phi) is 6.73. The smallest absolute Gasteiger partial charge is 0.453 e. The zero-order valence-corrected chi connectivity index (χ0v) is 19.9. The van der Waals surface area contributed by atoms with Gasteiger partial charge in [-0.3, -0.25) is 19.3 Å². The molecule has 4 rings (SSSR count). The minimum Gasteiger partial charge on any atom is -0.453 e. The predicted octanol–water partition coefficient (Wildman–Crippen LogP) is 1.27. The zero-order valence-electron chi connectivity index (χ0n) is 19.9. The number of nitrogens with one attached hydrogen (secondary N) is 1. The number of alkyl halides is 3. The van der Waals surface area contributed by atoms with Crippen LogP contribution in [0.15, 0.2) is 18.5 Å². The average Bonchev–Trinajstić information content (AvgIpc) is 3.32. The summed E-state index contributed by atoms with van der Waals surface area (Å²) in [7, 11) is 0. The summed E-state index contributed by atoms with van der Waals surface area (Å²) >= 11 is 0. The fourth-order valence-corrected chi connectivity index (χ4v) is 4.50. The molecule has 3 N–H and O–H groups in total. The van der Waals surface area contributed by atoms with Crippen molar-refractivity contribution in [3.63, 3.8) is 0 Å². The van der Waals surface area contributed by atoms with E-state index in [1.165, 1.54) is 35.8 Å². The van der Waals surface area contributed by atoms with Crippen LogP contribution >= 0.6 is 0 Å². The monoisotopic (exact) mass is 526 g/mol. The van der Waals surface area contributed by atoms with E-state index in [0.29, 0.717) is 17.3 Å². The molecule has 12 nitrogen and oxygen atoms in total. The van der Waals surface area contributed by atoms with Crippen LogP contribution in [0.1, 0.15) is 33.1 Å². The molecule has 2 aromatic rings. The highest BCUT2D eigenvalue weighted by Crippen LogP contribution is 2.48. The maximum atomic E-state index is 13.3. The topological polar surface area (TPSA) is 159 Å². The van der Waals surface area contributed by atoms with Crippen molar-refractivity contribution in [3.05, 3.63) is 18.5 Å². The van der Waals surface area contributed by atoms with Gasteiger partial charge in [0, 0.05) is 25.2 Å². The number of halogens is 3. The lowest BCUT2D eigenvalue weighted by Gasteiger charge is -2.28. The number of nitrogens with zero attached hydrogens (tertiary/aromatic N) is 4. The molecular weight excluding hydrogens is 501 g/mol. The lowest BCUT2D eigenvalue weighted by molar-refractivity contribution is -0.211. The Morgan fingerprint density at radius 1 is 1.22 bits per heavy atom. The normalized spacial score (nSPS) is 20.9. The number of piperidine rings is 1. The first-order valence-electron chi connectivity index (χ1n) is 11.4. The molecule has 0 radical (unpaired) electrons. The molecule has 2 aliphatic rings. The van der Waals surface area contributed by atoms with Crippen LogP contribution in [0.5, 0.6) is 5.88 Å². The van der Waals surface area contributed by atoms with E-state index in [4.69, 9.17) is 10.5 Å². The van der Waals surface area contributed by atoms with Crippen LogP contribution in [0, 0.1) is 5.92 Å². The van der Waals surface area contributed by atoms with Gasteiger partial charge in [0.15, 0.2) is 0 Å². The Labute approximate surface area is 208 Å². The van der Waals surface area contributed by atoms with E-state index in [-0.39, 0.29) is 43.3 Å². The molecule has 1 saturated heterocycles. The second-order valence-corrected chi connectivity index (χ2v) is 9.58. The van der Waals surface area contributed by atoms with Crippen LogP contribution in [0.2, 0.25) is 0 Å². The third kappa shape index (κ3) is 5.75. The van der Waals surface area contributed by atoms with Gasteiger partial charge in [-0.25, -0.2) is 9.59 Å². The fraction of sp³-hybridized carbons (Fsp3) is 0.545. The Hall–Kier alpha value is -3.91. The number of pyridine rings is 1. The third-order valence-corrected chi connectivity index (χ3v) is 6.32. The van der Waals surface area contributed by atoms with Gasteiger partial charge in [-0.2, -0.15) is 13.2 Å². The summed E-state index contributed by atoms with van der Waals surface area (Å²) in [5.74, 6) is -3.05. The summed E-state index contributed by atoms with van der Waals surface area (Å²) in [5.41, 5.74) is 4.05. The Balaban J connectivity index is 1.39. The fourth-order valence-electron chi connectivity index (χ4n) is 4.50. The first kappa shape index (κ1) is 26.2. The van der Waals surface area contributed by atoms with Gasteiger partial charge in [0.2, 0.25) is 11.8 Å². The number of nitrogens with two attached hydrogens (primary N) is 1. The lowest BCUT2D eigenvalue weighted by Crippen LogP contribution is -2.49. The second-order valence-electron chi connectivity index (χ2n) is 9.58. The van der Waals surface area contributed by atoms with Crippen molar-refractivity contribution in [2.45, 2.75) is 63.5 Å². The van der Waals surface area contributed by atoms with Crippen molar-refractivity contribution in [1.82, 2.24) is 25.0 Å². The standard InChI is InChI=1S/C22H25F3N6O6/c1-21(2,37-19(34)22(23,24)25)4-6-28-17(33)14-8-11-7-13(11)31(14)16(32)10-30-15-9-27-5-3-12(15)18(29-30)36-20(26)35/h3,5,9,11,13-14H,4,6-8,10H2,1-2H3,(H2,26,35)(H,28,33)/t11-,13-,14+/m1/s1. The van der Waals surface area contributed by atoms with Gasteiger partial charge in [-0.05, 0) is 38.7 Å². The first-order valence-corrected chi connectivity index (χ1v) is 11.4. The van der Waals surface area contributed by atoms with E-state index in [9.17, 15) is 32.3 Å². The van der Waals surface area contributed by atoms with E-state index < -0.39 is 35.8 Å². The molecule has 15 heteroatoms. The van der Waals surface area contributed by atoms with Crippen LogP contribution in [-0.4, -0.2) is 73.9 Å². The van der Waals surface area contributed by atoms with Crippen LogP contribution < -0.4 is 15.8 Å². The summed E-state index contributed by atoms with van der Waals surface area (Å²) in [4.78, 5) is 54.0. The van der Waals surface area contributed by atoms with E-state index in [1.54, 1.807) is 6.07 Å². The van der Waals surface area contributed by atoms with Gasteiger partial charge in [0.05, 0.1) is 17.1 Å². The summed E-state index contributed by atoms with van der Waals surface area (Å²) in [6.07, 6.45) is -2.13. The summed E-state index contributed by atoms with van der Waals surface area (Å²) in [6.45, 7) is 2.30. The van der Waals surface area contributed by atoms with Crippen LogP contribution in [0.3, 0.4) is 0 Å². The van der Waals surface area contributed by atoms with E-state index in [1.807, 2.05) is 0 Å². The molecule has 0 aromatic carbocycles. The minimum absolute atomic E-state index is 0.0614. The van der Waals surface area contributed by atoms with Gasteiger partial charge in [-0.15, -0.1) is 5.10 Å². The number of ether oxygens (including phenoxy) is 2. The number of hydrogen-bond acceptors (Lipinski definition) is 8. The maximum Gasteiger partial charge on any atom is 0.490 e. The SMILES string of the molecule is CC(C)(CCNC(=O)[C@@H]1C[C@H]2C[C@H]2N1C(=O)Cn1nc(OC(N)=O)c2ccncc21)OC(=O)C(F)(F)F. The van der Waals surface area contributed by atoms with Gasteiger partial charge in [0.1, 0.15) is 18.2 Å². The average molecular weight is 526 g/mol. The molecule has 1 saturated carbocycles. The number of amides is 3. The Morgan fingerprint density at radius 3 is 2.62 bits per heavy atom. The quantitative estimate of drug-likeness (QED) is 0.487. The molecule has 1 aliphatic heterocycles. The molecule has 3 heterocycles. The molecule has 0 bridgehead atoms. The molecule has 1 aliphatic carbocycles. The summed E-state index contributed by atoms with van der Waals surface area (Å²) in [5, 5.41) is 7.21.